The Hall–Kier alpha value is -1.37. The van der Waals surface area contributed by atoms with Crippen LogP contribution in [-0.4, -0.2) is 4.98 Å². The highest BCUT2D eigenvalue weighted by Gasteiger charge is 2.23. The molecule has 23 heavy (non-hydrogen) atoms. The van der Waals surface area contributed by atoms with Gasteiger partial charge in [-0.3, -0.25) is 4.98 Å². The lowest BCUT2D eigenvalue weighted by Gasteiger charge is -2.22. The number of rotatable bonds is 0. The molecule has 0 saturated carbocycles. The van der Waals surface area contributed by atoms with Gasteiger partial charge in [0.25, 0.3) is 0 Å². The Labute approximate surface area is 144 Å². The molecule has 1 heteroatoms. The maximum atomic E-state index is 4.67. The Morgan fingerprint density at radius 3 is 1.83 bits per heavy atom. The molecule has 0 aromatic carbocycles. The van der Waals surface area contributed by atoms with Crippen LogP contribution in [0.5, 0.6) is 0 Å². The first-order valence-electron chi connectivity index (χ1n) is 9.01. The lowest BCUT2D eigenvalue weighted by Crippen LogP contribution is -2.16. The van der Waals surface area contributed by atoms with Crippen LogP contribution in [0.25, 0.3) is 12.2 Å². The monoisotopic (exact) mass is 315 g/mol. The molecule has 0 saturated heterocycles. The number of aromatic nitrogens is 1. The van der Waals surface area contributed by atoms with E-state index in [9.17, 15) is 0 Å². The van der Waals surface area contributed by atoms with Crippen molar-refractivity contribution in [3.8, 4) is 0 Å². The summed E-state index contributed by atoms with van der Waals surface area (Å²) in [5, 5.41) is 0. The summed E-state index contributed by atoms with van der Waals surface area (Å²) in [6.45, 7) is 21.5. The van der Waals surface area contributed by atoms with E-state index >= 15 is 0 Å². The first kappa shape index (κ1) is 21.6. The zero-order valence-corrected chi connectivity index (χ0v) is 17.0. The number of hydrogen-bond donors (Lipinski definition) is 0. The van der Waals surface area contributed by atoms with Gasteiger partial charge in [-0.15, -0.1) is 0 Å². The zero-order chi connectivity index (χ0) is 18.3. The average molecular weight is 316 g/mol. The number of aryl methyl sites for hydroxylation is 1. The molecule has 0 N–H and O–H groups in total. The maximum absolute atomic E-state index is 4.67. The molecule has 2 rings (SSSR count). The van der Waals surface area contributed by atoms with Gasteiger partial charge in [0.1, 0.15) is 0 Å². The Balaban J connectivity index is 0.000000868. The number of hydrogen-bond acceptors (Lipinski definition) is 1. The topological polar surface area (TPSA) is 12.9 Å². The second kappa shape index (κ2) is 9.05. The molecule has 0 unspecified atom stereocenters. The lowest BCUT2D eigenvalue weighted by molar-refractivity contribution is 0.567. The molecule has 1 aromatic heterocycles. The van der Waals surface area contributed by atoms with Crippen molar-refractivity contribution in [3.63, 3.8) is 0 Å². The van der Waals surface area contributed by atoms with Crippen LogP contribution in [0.3, 0.4) is 0 Å². The van der Waals surface area contributed by atoms with Crippen LogP contribution >= 0.6 is 0 Å². The van der Waals surface area contributed by atoms with Gasteiger partial charge in [-0.1, -0.05) is 93.0 Å². The van der Waals surface area contributed by atoms with Gasteiger partial charge in [-0.05, 0) is 18.1 Å². The average Bonchev–Trinajstić information content (AvgIpc) is 2.61. The van der Waals surface area contributed by atoms with E-state index in [4.69, 9.17) is 0 Å². The third-order valence-electron chi connectivity index (χ3n) is 3.43. The van der Waals surface area contributed by atoms with Gasteiger partial charge in [0.15, 0.2) is 0 Å². The van der Waals surface area contributed by atoms with E-state index in [1.807, 2.05) is 20.0 Å². The van der Waals surface area contributed by atoms with Crippen molar-refractivity contribution >= 4 is 12.2 Å². The molecule has 0 fully saturated rings. The summed E-state index contributed by atoms with van der Waals surface area (Å²) in [4.78, 5) is 4.67. The molecule has 1 nitrogen and oxygen atoms in total. The summed E-state index contributed by atoms with van der Waals surface area (Å²) in [6.07, 6.45) is 12.3. The molecular formula is C22H37N. The summed E-state index contributed by atoms with van der Waals surface area (Å²) < 4.78 is 0. The molecule has 0 aliphatic heterocycles. The fourth-order valence-electron chi connectivity index (χ4n) is 2.28. The van der Waals surface area contributed by atoms with Crippen molar-refractivity contribution in [2.75, 3.05) is 0 Å². The van der Waals surface area contributed by atoms with E-state index in [1.54, 1.807) is 0 Å². The summed E-state index contributed by atoms with van der Waals surface area (Å²) in [6, 6.07) is 0. The number of fused-ring (bicyclic) bond motifs is 1. The van der Waals surface area contributed by atoms with E-state index in [-0.39, 0.29) is 10.8 Å². The van der Waals surface area contributed by atoms with Crippen LogP contribution in [0.1, 0.15) is 91.1 Å². The maximum Gasteiger partial charge on any atom is 0.0535 e. The standard InChI is InChI=1S/C17H23N.C3H8.C2H6/c1-12-11-18-15(16(2,3)4)14-8-10-17(5,6)9-7-13(12)14;1-3-2;1-2/h7-11H,1-6H3;3H2,1-2H3;1-2H3. The second-order valence-electron chi connectivity index (χ2n) is 7.56. The summed E-state index contributed by atoms with van der Waals surface area (Å²) in [7, 11) is 0. The first-order valence-corrected chi connectivity index (χ1v) is 9.01. The molecule has 1 heterocycles. The minimum Gasteiger partial charge on any atom is -0.260 e. The van der Waals surface area contributed by atoms with Crippen molar-refractivity contribution in [3.05, 3.63) is 40.7 Å². The van der Waals surface area contributed by atoms with E-state index in [1.165, 1.54) is 28.8 Å². The highest BCUT2D eigenvalue weighted by Crippen LogP contribution is 2.34. The Bertz CT molecular complexity index is 540. The summed E-state index contributed by atoms with van der Waals surface area (Å²) in [5.41, 5.74) is 5.21. The predicted molar refractivity (Wildman–Crippen MR) is 107 cm³/mol. The molecule has 1 aliphatic rings. The van der Waals surface area contributed by atoms with Crippen LogP contribution in [0, 0.1) is 12.3 Å². The largest absolute Gasteiger partial charge is 0.260 e. The fraction of sp³-hybridized carbons (Fsp3) is 0.591. The second-order valence-corrected chi connectivity index (χ2v) is 7.56. The third kappa shape index (κ3) is 6.33. The van der Waals surface area contributed by atoms with E-state index in [2.05, 4.69) is 84.7 Å². The molecule has 1 aromatic rings. The molecular weight excluding hydrogens is 278 g/mol. The van der Waals surface area contributed by atoms with Gasteiger partial charge in [0.05, 0.1) is 5.69 Å². The van der Waals surface area contributed by atoms with Crippen molar-refractivity contribution in [2.24, 2.45) is 5.41 Å². The molecule has 0 amide bonds. The number of nitrogens with zero attached hydrogens (tertiary/aromatic N) is 1. The van der Waals surface area contributed by atoms with Crippen molar-refractivity contribution < 1.29 is 0 Å². The summed E-state index contributed by atoms with van der Waals surface area (Å²) >= 11 is 0. The normalized spacial score (nSPS) is 14.7. The van der Waals surface area contributed by atoms with Gasteiger partial charge < -0.3 is 0 Å². The molecule has 0 spiro atoms. The Kier molecular flexibility index (Phi) is 8.52. The fourth-order valence-corrected chi connectivity index (χ4v) is 2.28. The molecule has 130 valence electrons. The van der Waals surface area contributed by atoms with Gasteiger partial charge in [0, 0.05) is 22.6 Å². The number of allylic oxidation sites excluding steroid dienone is 2. The van der Waals surface area contributed by atoms with Crippen LogP contribution < -0.4 is 0 Å². The Morgan fingerprint density at radius 2 is 1.39 bits per heavy atom. The van der Waals surface area contributed by atoms with Gasteiger partial charge >= 0.3 is 0 Å². The quantitative estimate of drug-likeness (QED) is 0.493. The third-order valence-corrected chi connectivity index (χ3v) is 3.43. The highest BCUT2D eigenvalue weighted by atomic mass is 14.7. The summed E-state index contributed by atoms with van der Waals surface area (Å²) in [5.74, 6) is 0. The van der Waals surface area contributed by atoms with Crippen LogP contribution in [0.4, 0.5) is 0 Å². The lowest BCUT2D eigenvalue weighted by atomic mass is 9.85. The SMILES string of the molecule is CC.CCC.Cc1cnc(C(C)(C)C)c2c1C=CC(C)(C)C=C2. The predicted octanol–water partition coefficient (Wildman–Crippen LogP) is 7.20. The molecule has 1 aliphatic carbocycles. The first-order chi connectivity index (χ1) is 10.6. The van der Waals surface area contributed by atoms with Crippen molar-refractivity contribution in [2.45, 2.75) is 81.1 Å². The van der Waals surface area contributed by atoms with Crippen molar-refractivity contribution in [1.82, 2.24) is 4.98 Å². The zero-order valence-electron chi connectivity index (χ0n) is 17.0. The minimum atomic E-state index is 0.0739. The molecule has 0 atom stereocenters. The van der Waals surface area contributed by atoms with E-state index in [0.717, 1.165) is 0 Å². The van der Waals surface area contributed by atoms with Gasteiger partial charge in [0.2, 0.25) is 0 Å². The molecule has 0 radical (unpaired) electrons. The molecule has 0 bridgehead atoms. The van der Waals surface area contributed by atoms with Crippen molar-refractivity contribution in [1.29, 1.82) is 0 Å². The van der Waals surface area contributed by atoms with E-state index < -0.39 is 0 Å². The minimum absolute atomic E-state index is 0.0739. The Morgan fingerprint density at radius 1 is 0.957 bits per heavy atom. The van der Waals surface area contributed by atoms with E-state index in [0.29, 0.717) is 0 Å². The van der Waals surface area contributed by atoms with Crippen LogP contribution in [-0.2, 0) is 5.41 Å². The smallest absolute Gasteiger partial charge is 0.0535 e. The highest BCUT2D eigenvalue weighted by molar-refractivity contribution is 5.72. The van der Waals surface area contributed by atoms with Crippen LogP contribution in [0.2, 0.25) is 0 Å². The van der Waals surface area contributed by atoms with Gasteiger partial charge in [-0.2, -0.15) is 0 Å². The number of pyridine rings is 1. The van der Waals surface area contributed by atoms with Gasteiger partial charge in [-0.25, -0.2) is 0 Å². The van der Waals surface area contributed by atoms with Crippen LogP contribution in [0.15, 0.2) is 18.3 Å².